The van der Waals surface area contributed by atoms with Gasteiger partial charge in [-0.3, -0.25) is 0 Å². The van der Waals surface area contributed by atoms with Gasteiger partial charge >= 0.3 is 5.82 Å². The summed E-state index contributed by atoms with van der Waals surface area (Å²) in [6.45, 7) is 0.685. The minimum atomic E-state index is -0.555. The fourth-order valence-electron chi connectivity index (χ4n) is 1.89. The molecule has 7 heteroatoms. The first-order valence-corrected chi connectivity index (χ1v) is 7.64. The Labute approximate surface area is 123 Å². The van der Waals surface area contributed by atoms with E-state index in [4.69, 9.17) is 11.6 Å². The first-order valence-electron chi connectivity index (χ1n) is 6.63. The Morgan fingerprint density at radius 1 is 1.21 bits per heavy atom. The molecule has 0 fully saturated rings. The molecule has 19 heavy (non-hydrogen) atoms. The highest BCUT2D eigenvalue weighted by atomic mass is 35.5. The van der Waals surface area contributed by atoms with Crippen LogP contribution in [0.3, 0.4) is 0 Å². The minimum Gasteiger partial charge on any atom is -0.358 e. The van der Waals surface area contributed by atoms with Crippen LogP contribution in [-0.4, -0.2) is 20.5 Å². The van der Waals surface area contributed by atoms with Crippen molar-refractivity contribution in [1.29, 1.82) is 0 Å². The van der Waals surface area contributed by atoms with Gasteiger partial charge in [-0.05, 0) is 23.5 Å². The largest absolute Gasteiger partial charge is 0.408 e. The summed E-state index contributed by atoms with van der Waals surface area (Å²) in [5.41, 5.74) is 0. The Morgan fingerprint density at radius 3 is 2.32 bits per heavy atom. The molecule has 0 aliphatic carbocycles. The zero-order valence-corrected chi connectivity index (χ0v) is 12.6. The predicted molar refractivity (Wildman–Crippen MR) is 80.1 cm³/mol. The SMILES string of the molecule is O=[N+]([O-])c1nn(CCCCCCCCCS)cc1Cl. The second-order valence-corrected chi connectivity index (χ2v) is 5.37. The molecule has 0 aliphatic rings. The third-order valence-corrected chi connectivity index (χ3v) is 3.50. The van der Waals surface area contributed by atoms with Crippen LogP contribution in [0.1, 0.15) is 44.9 Å². The standard InChI is InChI=1S/C12H20ClN3O2S/c13-11-10-15(14-12(11)16(17)18)8-6-4-2-1-3-5-7-9-19/h10,19H,1-9H2. The van der Waals surface area contributed by atoms with Gasteiger partial charge in [0.25, 0.3) is 0 Å². The topological polar surface area (TPSA) is 61.0 Å². The fourth-order valence-corrected chi connectivity index (χ4v) is 2.34. The number of halogens is 1. The number of aryl methyl sites for hydroxylation is 1. The van der Waals surface area contributed by atoms with Gasteiger partial charge in [-0.2, -0.15) is 17.3 Å². The molecule has 0 saturated heterocycles. The van der Waals surface area contributed by atoms with Crippen molar-refractivity contribution in [2.24, 2.45) is 0 Å². The normalized spacial score (nSPS) is 10.8. The lowest BCUT2D eigenvalue weighted by molar-refractivity contribution is -0.389. The number of hydrogen-bond acceptors (Lipinski definition) is 4. The molecule has 0 N–H and O–H groups in total. The van der Waals surface area contributed by atoms with Crippen molar-refractivity contribution >= 4 is 30.0 Å². The van der Waals surface area contributed by atoms with Gasteiger partial charge in [0.05, 0.1) is 17.8 Å². The van der Waals surface area contributed by atoms with Crippen molar-refractivity contribution in [3.63, 3.8) is 0 Å². The average molecular weight is 306 g/mol. The summed E-state index contributed by atoms with van der Waals surface area (Å²) in [4.78, 5) is 10.0. The molecule has 1 heterocycles. The van der Waals surface area contributed by atoms with E-state index in [0.29, 0.717) is 6.54 Å². The quantitative estimate of drug-likeness (QED) is 0.306. The van der Waals surface area contributed by atoms with E-state index in [-0.39, 0.29) is 10.8 Å². The highest BCUT2D eigenvalue weighted by molar-refractivity contribution is 7.80. The summed E-state index contributed by atoms with van der Waals surface area (Å²) in [7, 11) is 0. The molecule has 0 saturated carbocycles. The van der Waals surface area contributed by atoms with E-state index >= 15 is 0 Å². The van der Waals surface area contributed by atoms with Crippen LogP contribution >= 0.6 is 24.2 Å². The molecule has 1 aromatic rings. The monoisotopic (exact) mass is 305 g/mol. The Hall–Kier alpha value is -0.750. The predicted octanol–water partition coefficient (Wildman–Crippen LogP) is 4.11. The van der Waals surface area contributed by atoms with Crippen LogP contribution in [0, 0.1) is 10.1 Å². The second-order valence-electron chi connectivity index (χ2n) is 4.52. The highest BCUT2D eigenvalue weighted by Crippen LogP contribution is 2.21. The molecular formula is C12H20ClN3O2S. The van der Waals surface area contributed by atoms with E-state index in [2.05, 4.69) is 17.7 Å². The maximum atomic E-state index is 10.6. The summed E-state index contributed by atoms with van der Waals surface area (Å²) >= 11 is 9.90. The number of nitro groups is 1. The zero-order valence-electron chi connectivity index (χ0n) is 10.9. The van der Waals surface area contributed by atoms with Crippen LogP contribution < -0.4 is 0 Å². The van der Waals surface area contributed by atoms with Crippen LogP contribution in [0.15, 0.2) is 6.20 Å². The number of nitrogens with zero attached hydrogens (tertiary/aromatic N) is 3. The lowest BCUT2D eigenvalue weighted by Gasteiger charge is -2.00. The Kier molecular flexibility index (Phi) is 7.90. The van der Waals surface area contributed by atoms with Crippen LogP contribution in [0.5, 0.6) is 0 Å². The van der Waals surface area contributed by atoms with Crippen LogP contribution in [-0.2, 0) is 6.54 Å². The average Bonchev–Trinajstić information content (AvgIpc) is 2.74. The highest BCUT2D eigenvalue weighted by Gasteiger charge is 2.18. The van der Waals surface area contributed by atoms with Gasteiger partial charge < -0.3 is 10.1 Å². The lowest BCUT2D eigenvalue weighted by atomic mass is 10.1. The second kappa shape index (κ2) is 9.20. The molecule has 0 aliphatic heterocycles. The van der Waals surface area contributed by atoms with Crippen molar-refractivity contribution in [1.82, 2.24) is 9.78 Å². The molecule has 1 aromatic heterocycles. The van der Waals surface area contributed by atoms with E-state index in [1.54, 1.807) is 4.68 Å². The minimum absolute atomic E-state index is 0.108. The molecule has 0 amide bonds. The summed E-state index contributed by atoms with van der Waals surface area (Å²) in [6.07, 6.45) is 9.76. The van der Waals surface area contributed by atoms with E-state index in [1.807, 2.05) is 0 Å². The molecule has 0 aromatic carbocycles. The van der Waals surface area contributed by atoms with Crippen molar-refractivity contribution in [3.05, 3.63) is 21.3 Å². The van der Waals surface area contributed by atoms with Crippen molar-refractivity contribution < 1.29 is 4.92 Å². The van der Waals surface area contributed by atoms with Gasteiger partial charge in [0.1, 0.15) is 0 Å². The number of thiol groups is 1. The van der Waals surface area contributed by atoms with E-state index < -0.39 is 4.92 Å². The molecule has 5 nitrogen and oxygen atoms in total. The van der Waals surface area contributed by atoms with Gasteiger partial charge in [0.2, 0.25) is 0 Å². The summed E-state index contributed by atoms with van der Waals surface area (Å²) < 4.78 is 1.56. The van der Waals surface area contributed by atoms with E-state index in [1.165, 1.54) is 38.3 Å². The van der Waals surface area contributed by atoms with E-state index in [0.717, 1.165) is 18.6 Å². The van der Waals surface area contributed by atoms with Crippen molar-refractivity contribution in [3.8, 4) is 0 Å². The maximum absolute atomic E-state index is 10.6. The lowest BCUT2D eigenvalue weighted by Crippen LogP contribution is -1.99. The Morgan fingerprint density at radius 2 is 1.79 bits per heavy atom. The van der Waals surface area contributed by atoms with Crippen molar-refractivity contribution in [2.75, 3.05) is 5.75 Å². The third kappa shape index (κ3) is 6.29. The summed E-state index contributed by atoms with van der Waals surface area (Å²) in [5.74, 6) is 0.715. The molecule has 1 rings (SSSR count). The Bertz CT molecular complexity index is 398. The number of aromatic nitrogens is 2. The first kappa shape index (κ1) is 16.3. The third-order valence-electron chi connectivity index (χ3n) is 2.92. The molecule has 0 bridgehead atoms. The van der Waals surface area contributed by atoms with Gasteiger partial charge in [0.15, 0.2) is 5.02 Å². The molecule has 0 unspecified atom stereocenters. The number of rotatable bonds is 10. The van der Waals surface area contributed by atoms with Gasteiger partial charge in [-0.1, -0.05) is 43.7 Å². The number of hydrogen-bond donors (Lipinski definition) is 1. The van der Waals surface area contributed by atoms with Crippen LogP contribution in [0.25, 0.3) is 0 Å². The first-order chi connectivity index (χ1) is 9.15. The maximum Gasteiger partial charge on any atom is 0.408 e. The smallest absolute Gasteiger partial charge is 0.358 e. The molecule has 108 valence electrons. The molecule has 0 atom stereocenters. The van der Waals surface area contributed by atoms with Crippen LogP contribution in [0.4, 0.5) is 5.82 Å². The fraction of sp³-hybridized carbons (Fsp3) is 0.750. The van der Waals surface area contributed by atoms with Gasteiger partial charge in [-0.25, -0.2) is 0 Å². The summed E-state index contributed by atoms with van der Waals surface area (Å²) in [5, 5.41) is 14.5. The molecule has 0 radical (unpaired) electrons. The number of unbranched alkanes of at least 4 members (excludes halogenated alkanes) is 6. The van der Waals surface area contributed by atoms with Gasteiger partial charge in [0, 0.05) is 0 Å². The van der Waals surface area contributed by atoms with Crippen LogP contribution in [0.2, 0.25) is 5.02 Å². The zero-order chi connectivity index (χ0) is 14.1. The van der Waals surface area contributed by atoms with Crippen molar-refractivity contribution in [2.45, 2.75) is 51.5 Å². The molecular weight excluding hydrogens is 286 g/mol. The van der Waals surface area contributed by atoms with E-state index in [9.17, 15) is 10.1 Å². The van der Waals surface area contributed by atoms with Gasteiger partial charge in [-0.15, -0.1) is 0 Å². The Balaban J connectivity index is 2.12. The summed E-state index contributed by atoms with van der Waals surface area (Å²) in [6, 6.07) is 0. The molecule has 0 spiro atoms.